The van der Waals surface area contributed by atoms with E-state index in [0.717, 1.165) is 24.5 Å². The van der Waals surface area contributed by atoms with E-state index in [4.69, 9.17) is 9.97 Å². The lowest BCUT2D eigenvalue weighted by atomic mass is 10.0. The largest absolute Gasteiger partial charge is 0.354 e. The third kappa shape index (κ3) is 3.35. The second kappa shape index (κ2) is 7.82. The minimum atomic E-state index is 0.625. The van der Waals surface area contributed by atoms with Gasteiger partial charge in [-0.3, -0.25) is 9.88 Å². The Morgan fingerprint density at radius 1 is 1.03 bits per heavy atom. The molecule has 6 heteroatoms. The van der Waals surface area contributed by atoms with Crippen molar-refractivity contribution in [3.8, 4) is 11.4 Å². The number of anilines is 1. The van der Waals surface area contributed by atoms with Gasteiger partial charge in [-0.1, -0.05) is 0 Å². The Balaban J connectivity index is 1.43. The van der Waals surface area contributed by atoms with Crippen LogP contribution in [0.25, 0.3) is 21.6 Å². The summed E-state index contributed by atoms with van der Waals surface area (Å²) in [6.07, 6.45) is 12.6. The second-order valence-corrected chi connectivity index (χ2v) is 10.7. The van der Waals surface area contributed by atoms with E-state index in [1.807, 2.05) is 29.8 Å². The molecule has 31 heavy (non-hydrogen) atoms. The number of hydrogen-bond donors (Lipinski definition) is 0. The zero-order valence-corrected chi connectivity index (χ0v) is 19.4. The quantitative estimate of drug-likeness (QED) is 0.576. The first-order valence-corrected chi connectivity index (χ1v) is 12.8. The van der Waals surface area contributed by atoms with Crippen molar-refractivity contribution in [3.63, 3.8) is 0 Å². The summed E-state index contributed by atoms with van der Waals surface area (Å²) < 4.78 is 0. The van der Waals surface area contributed by atoms with E-state index in [9.17, 15) is 0 Å². The van der Waals surface area contributed by atoms with Crippen molar-refractivity contribution in [2.75, 3.05) is 18.0 Å². The van der Waals surface area contributed by atoms with Crippen LogP contribution in [0, 0.1) is 0 Å². The van der Waals surface area contributed by atoms with Gasteiger partial charge in [-0.15, -0.1) is 11.3 Å². The van der Waals surface area contributed by atoms with Crippen LogP contribution in [-0.4, -0.2) is 51.1 Å². The average Bonchev–Trinajstić information content (AvgIpc) is 3.48. The summed E-state index contributed by atoms with van der Waals surface area (Å²) in [5.41, 5.74) is 2.53. The van der Waals surface area contributed by atoms with E-state index in [-0.39, 0.29) is 0 Å². The molecule has 0 amide bonds. The monoisotopic (exact) mass is 433 g/mol. The maximum absolute atomic E-state index is 5.21. The van der Waals surface area contributed by atoms with Crippen LogP contribution in [0.15, 0.2) is 24.5 Å². The normalized spacial score (nSPS) is 26.6. The van der Waals surface area contributed by atoms with Gasteiger partial charge < -0.3 is 4.90 Å². The molecule has 3 aromatic heterocycles. The first-order valence-electron chi connectivity index (χ1n) is 11.9. The van der Waals surface area contributed by atoms with Crippen molar-refractivity contribution >= 4 is 27.4 Å². The Morgan fingerprint density at radius 2 is 1.90 bits per heavy atom. The second-order valence-electron chi connectivity index (χ2n) is 9.61. The molecule has 3 aromatic rings. The number of aromatic nitrogens is 3. The number of thiophene rings is 1. The van der Waals surface area contributed by atoms with Gasteiger partial charge >= 0.3 is 0 Å². The number of nitrogens with zero attached hydrogens (tertiary/aromatic N) is 5. The molecule has 5 nitrogen and oxygen atoms in total. The molecule has 0 saturated carbocycles. The Bertz CT molecular complexity index is 1080. The molecule has 6 rings (SSSR count). The molecule has 3 atom stereocenters. The zero-order chi connectivity index (χ0) is 20.9. The summed E-state index contributed by atoms with van der Waals surface area (Å²) >= 11 is 1.89. The predicted octanol–water partition coefficient (Wildman–Crippen LogP) is 5.08. The molecule has 0 spiro atoms. The fourth-order valence-corrected chi connectivity index (χ4v) is 7.41. The van der Waals surface area contributed by atoms with Crippen LogP contribution in [0.5, 0.6) is 0 Å². The van der Waals surface area contributed by atoms with E-state index in [0.29, 0.717) is 18.1 Å². The average molecular weight is 434 g/mol. The van der Waals surface area contributed by atoms with Crippen molar-refractivity contribution in [1.29, 1.82) is 0 Å². The van der Waals surface area contributed by atoms with Crippen molar-refractivity contribution in [2.24, 2.45) is 0 Å². The molecule has 0 unspecified atom stereocenters. The van der Waals surface area contributed by atoms with Gasteiger partial charge in [0.25, 0.3) is 0 Å². The summed E-state index contributed by atoms with van der Waals surface area (Å²) in [4.78, 5) is 22.6. The van der Waals surface area contributed by atoms with Gasteiger partial charge in [-0.25, -0.2) is 9.97 Å². The summed E-state index contributed by atoms with van der Waals surface area (Å²) in [5, 5.41) is 1.34. The fourth-order valence-electron chi connectivity index (χ4n) is 6.15. The molecule has 0 radical (unpaired) electrons. The summed E-state index contributed by atoms with van der Waals surface area (Å²) in [7, 11) is 0. The molecule has 3 aliphatic rings. The maximum Gasteiger partial charge on any atom is 0.164 e. The van der Waals surface area contributed by atoms with E-state index in [1.54, 1.807) is 0 Å². The van der Waals surface area contributed by atoms with Crippen LogP contribution in [0.4, 0.5) is 5.82 Å². The highest BCUT2D eigenvalue weighted by molar-refractivity contribution is 7.19. The Hall–Kier alpha value is -2.05. The highest BCUT2D eigenvalue weighted by Gasteiger charge is 2.36. The molecule has 0 N–H and O–H groups in total. The lowest BCUT2D eigenvalue weighted by molar-refractivity contribution is 0.129. The van der Waals surface area contributed by atoms with E-state index in [1.165, 1.54) is 71.4 Å². The van der Waals surface area contributed by atoms with Crippen LogP contribution in [0.3, 0.4) is 0 Å². The lowest BCUT2D eigenvalue weighted by Gasteiger charge is -2.42. The Kier molecular flexibility index (Phi) is 4.95. The summed E-state index contributed by atoms with van der Waals surface area (Å²) in [5.74, 6) is 1.99. The molecular weight excluding hydrogens is 402 g/mol. The van der Waals surface area contributed by atoms with Crippen molar-refractivity contribution in [2.45, 2.75) is 76.9 Å². The third-order valence-electron chi connectivity index (χ3n) is 7.60. The molecule has 0 aromatic carbocycles. The summed E-state index contributed by atoms with van der Waals surface area (Å²) in [6.45, 7) is 7.00. The van der Waals surface area contributed by atoms with Gasteiger partial charge in [0, 0.05) is 54.0 Å². The van der Waals surface area contributed by atoms with Gasteiger partial charge in [0.1, 0.15) is 10.6 Å². The number of likely N-dealkylation sites (tertiary alicyclic amines) is 1. The van der Waals surface area contributed by atoms with Crippen LogP contribution < -0.4 is 4.90 Å². The fraction of sp³-hybridized carbons (Fsp3) is 0.560. The first kappa shape index (κ1) is 19.6. The number of pyridine rings is 1. The Labute approximate surface area is 188 Å². The number of aryl methyl sites for hydroxylation is 2. The topological polar surface area (TPSA) is 45.2 Å². The van der Waals surface area contributed by atoms with Gasteiger partial charge in [0.2, 0.25) is 0 Å². The Morgan fingerprint density at radius 3 is 2.71 bits per heavy atom. The van der Waals surface area contributed by atoms with Crippen molar-refractivity contribution in [1.82, 2.24) is 19.9 Å². The smallest absolute Gasteiger partial charge is 0.164 e. The van der Waals surface area contributed by atoms with Gasteiger partial charge in [-0.2, -0.15) is 0 Å². The lowest BCUT2D eigenvalue weighted by Crippen LogP contribution is -2.51. The highest BCUT2D eigenvalue weighted by Crippen LogP contribution is 2.42. The minimum absolute atomic E-state index is 0.625. The van der Waals surface area contributed by atoms with Crippen LogP contribution in [0.2, 0.25) is 0 Å². The number of piperidine rings is 1. The maximum atomic E-state index is 5.21. The standard InChI is InChI=1S/C25H31N5S/c1-16-10-11-17(2)30(16)19-7-5-13-29(15-19)24-22-20-8-3-9-21(20)31-25(22)28-23(27-24)18-6-4-12-26-14-18/h4,6,12,14,16-17,19H,3,5,7-11,13,15H2,1-2H3/t16-,17-,19+/m1/s1. The van der Waals surface area contributed by atoms with Crippen LogP contribution in [-0.2, 0) is 12.8 Å². The van der Waals surface area contributed by atoms with Crippen molar-refractivity contribution < 1.29 is 0 Å². The van der Waals surface area contributed by atoms with E-state index >= 15 is 0 Å². The number of hydrogen-bond acceptors (Lipinski definition) is 6. The van der Waals surface area contributed by atoms with Gasteiger partial charge in [0.15, 0.2) is 5.82 Å². The van der Waals surface area contributed by atoms with E-state index < -0.39 is 0 Å². The SMILES string of the molecule is C[C@@H]1CC[C@@H](C)N1[C@H]1CCCN(c2nc(-c3cccnc3)nc3sc4c(c23)CCC4)C1. The van der Waals surface area contributed by atoms with E-state index in [2.05, 4.69) is 34.7 Å². The van der Waals surface area contributed by atoms with Gasteiger partial charge in [-0.05, 0) is 76.5 Å². The molecule has 5 heterocycles. The summed E-state index contributed by atoms with van der Waals surface area (Å²) in [6, 6.07) is 6.07. The molecular formula is C25H31N5S. The molecule has 2 aliphatic heterocycles. The third-order valence-corrected chi connectivity index (χ3v) is 8.79. The van der Waals surface area contributed by atoms with Gasteiger partial charge in [0.05, 0.1) is 5.39 Å². The molecule has 2 fully saturated rings. The van der Waals surface area contributed by atoms with Crippen LogP contribution in [0.1, 0.15) is 56.4 Å². The zero-order valence-electron chi connectivity index (χ0n) is 18.5. The molecule has 1 aliphatic carbocycles. The minimum Gasteiger partial charge on any atom is -0.354 e. The predicted molar refractivity (Wildman–Crippen MR) is 128 cm³/mol. The van der Waals surface area contributed by atoms with Crippen LogP contribution >= 0.6 is 11.3 Å². The van der Waals surface area contributed by atoms with Crippen molar-refractivity contribution in [3.05, 3.63) is 35.0 Å². The number of rotatable bonds is 3. The number of fused-ring (bicyclic) bond motifs is 3. The molecule has 0 bridgehead atoms. The molecule has 162 valence electrons. The first-order chi connectivity index (χ1) is 15.2. The highest BCUT2D eigenvalue weighted by atomic mass is 32.1. The molecule has 2 saturated heterocycles.